The second kappa shape index (κ2) is 6.18. The van der Waals surface area contributed by atoms with Crippen LogP contribution in [0.1, 0.15) is 6.92 Å². The fourth-order valence-electron chi connectivity index (χ4n) is 2.19. The molecule has 0 aliphatic carbocycles. The quantitative estimate of drug-likeness (QED) is 0.689. The normalized spacial score (nSPS) is 10.9. The third kappa shape index (κ3) is 3.05. The molecule has 0 amide bonds. The molecule has 2 heterocycles. The Hall–Kier alpha value is -1.73. The van der Waals surface area contributed by atoms with E-state index in [0.717, 1.165) is 20.0 Å². The van der Waals surface area contributed by atoms with Crippen LogP contribution in [0.2, 0.25) is 0 Å². The first-order valence-electron chi connectivity index (χ1n) is 6.66. The van der Waals surface area contributed by atoms with Crippen LogP contribution in [0.25, 0.3) is 11.0 Å². The van der Waals surface area contributed by atoms with Crippen molar-refractivity contribution in [3.8, 4) is 0 Å². The number of nitrogens with one attached hydrogen (secondary N) is 1. The van der Waals surface area contributed by atoms with Gasteiger partial charge in [0.25, 0.3) is 5.56 Å². The van der Waals surface area contributed by atoms with Crippen LogP contribution in [-0.2, 0) is 6.54 Å². The molecule has 0 fully saturated rings. The van der Waals surface area contributed by atoms with Gasteiger partial charge in [-0.3, -0.25) is 9.36 Å². The molecule has 1 aromatic carbocycles. The topological polar surface area (TPSA) is 59.8 Å². The molecule has 0 aliphatic rings. The average Bonchev–Trinajstić information content (AvgIpc) is 2.46. The summed E-state index contributed by atoms with van der Waals surface area (Å²) in [5.74, 6) is 0.449. The third-order valence-corrected chi connectivity index (χ3v) is 4.07. The van der Waals surface area contributed by atoms with E-state index < -0.39 is 0 Å². The molecular formula is C15H12Br2N4O. The Labute approximate surface area is 143 Å². The zero-order valence-corrected chi connectivity index (χ0v) is 14.8. The fourth-order valence-corrected chi connectivity index (χ4v) is 3.49. The number of hydrogen-bond donors (Lipinski definition) is 1. The van der Waals surface area contributed by atoms with Crippen molar-refractivity contribution in [1.29, 1.82) is 0 Å². The van der Waals surface area contributed by atoms with E-state index in [-0.39, 0.29) is 5.56 Å². The Morgan fingerprint density at radius 2 is 1.91 bits per heavy atom. The Morgan fingerprint density at radius 3 is 2.59 bits per heavy atom. The van der Waals surface area contributed by atoms with Crippen molar-refractivity contribution in [3.05, 3.63) is 55.8 Å². The lowest BCUT2D eigenvalue weighted by atomic mass is 10.3. The molecule has 5 nitrogen and oxygen atoms in total. The summed E-state index contributed by atoms with van der Waals surface area (Å²) in [6.07, 6.45) is 1.71. The van der Waals surface area contributed by atoms with Crippen LogP contribution in [0, 0.1) is 0 Å². The number of pyridine rings is 1. The lowest BCUT2D eigenvalue weighted by Crippen LogP contribution is -2.19. The highest BCUT2D eigenvalue weighted by atomic mass is 79.9. The fraction of sp³-hybridized carbons (Fsp3) is 0.133. The van der Waals surface area contributed by atoms with E-state index in [9.17, 15) is 4.79 Å². The monoisotopic (exact) mass is 422 g/mol. The van der Waals surface area contributed by atoms with Crippen molar-refractivity contribution < 1.29 is 0 Å². The first kappa shape index (κ1) is 15.2. The van der Waals surface area contributed by atoms with Gasteiger partial charge in [0.1, 0.15) is 5.65 Å². The molecule has 0 unspecified atom stereocenters. The standard InChI is InChI=1S/C15H12Br2N4O/c1-2-21-13(22)4-3-9-8-18-15(20-14(9)21)19-12-6-10(16)5-11(17)7-12/h3-8H,2H2,1H3,(H,18,19,20). The molecule has 3 aromatic rings. The first-order chi connectivity index (χ1) is 10.6. The van der Waals surface area contributed by atoms with E-state index in [4.69, 9.17) is 0 Å². The molecule has 0 atom stereocenters. The predicted octanol–water partition coefficient (Wildman–Crippen LogP) is 4.08. The van der Waals surface area contributed by atoms with Gasteiger partial charge >= 0.3 is 0 Å². The van der Waals surface area contributed by atoms with Crippen LogP contribution in [-0.4, -0.2) is 14.5 Å². The maximum atomic E-state index is 11.9. The zero-order chi connectivity index (χ0) is 15.7. The number of nitrogens with zero attached hydrogens (tertiary/aromatic N) is 3. The summed E-state index contributed by atoms with van der Waals surface area (Å²) >= 11 is 6.88. The number of aromatic nitrogens is 3. The van der Waals surface area contributed by atoms with Crippen molar-refractivity contribution in [2.24, 2.45) is 0 Å². The van der Waals surface area contributed by atoms with Crippen LogP contribution in [0.15, 0.2) is 50.3 Å². The van der Waals surface area contributed by atoms with Gasteiger partial charge in [-0.1, -0.05) is 31.9 Å². The van der Waals surface area contributed by atoms with Gasteiger partial charge in [-0.2, -0.15) is 4.98 Å². The third-order valence-electron chi connectivity index (χ3n) is 3.16. The van der Waals surface area contributed by atoms with E-state index in [1.807, 2.05) is 25.1 Å². The van der Waals surface area contributed by atoms with Crippen molar-refractivity contribution in [2.45, 2.75) is 13.5 Å². The van der Waals surface area contributed by atoms with Crippen molar-refractivity contribution in [3.63, 3.8) is 0 Å². The summed E-state index contributed by atoms with van der Waals surface area (Å²) in [5.41, 5.74) is 1.41. The first-order valence-corrected chi connectivity index (χ1v) is 8.25. The number of hydrogen-bond acceptors (Lipinski definition) is 4. The number of anilines is 2. The highest BCUT2D eigenvalue weighted by Crippen LogP contribution is 2.25. The Morgan fingerprint density at radius 1 is 1.18 bits per heavy atom. The summed E-state index contributed by atoms with van der Waals surface area (Å²) in [6, 6.07) is 9.07. The maximum absolute atomic E-state index is 11.9. The van der Waals surface area contributed by atoms with Crippen LogP contribution in [0.4, 0.5) is 11.6 Å². The molecule has 1 N–H and O–H groups in total. The molecule has 2 aromatic heterocycles. The SMILES string of the molecule is CCn1c(=O)ccc2cnc(Nc3cc(Br)cc(Br)c3)nc21. The second-order valence-electron chi connectivity index (χ2n) is 4.67. The van der Waals surface area contributed by atoms with E-state index in [1.54, 1.807) is 16.8 Å². The lowest BCUT2D eigenvalue weighted by molar-refractivity contribution is 0.749. The minimum Gasteiger partial charge on any atom is -0.324 e. The zero-order valence-electron chi connectivity index (χ0n) is 11.7. The summed E-state index contributed by atoms with van der Waals surface area (Å²) in [5, 5.41) is 3.99. The van der Waals surface area contributed by atoms with E-state index in [2.05, 4.69) is 47.1 Å². The predicted molar refractivity (Wildman–Crippen MR) is 94.6 cm³/mol. The lowest BCUT2D eigenvalue weighted by Gasteiger charge is -2.09. The molecule has 0 radical (unpaired) electrons. The van der Waals surface area contributed by atoms with Gasteiger partial charge in [-0.15, -0.1) is 0 Å². The Kier molecular flexibility index (Phi) is 4.26. The highest BCUT2D eigenvalue weighted by molar-refractivity contribution is 9.11. The summed E-state index contributed by atoms with van der Waals surface area (Å²) in [7, 11) is 0. The van der Waals surface area contributed by atoms with Gasteiger partial charge in [0.2, 0.25) is 5.95 Å². The minimum absolute atomic E-state index is 0.0650. The molecule has 3 rings (SSSR count). The Bertz CT molecular complexity index is 887. The highest BCUT2D eigenvalue weighted by Gasteiger charge is 2.06. The molecule has 112 valence electrons. The molecule has 0 saturated carbocycles. The minimum atomic E-state index is -0.0650. The Balaban J connectivity index is 2.06. The van der Waals surface area contributed by atoms with Crippen molar-refractivity contribution >= 4 is 54.5 Å². The molecule has 0 bridgehead atoms. The number of benzene rings is 1. The molecule has 0 spiro atoms. The number of aryl methyl sites for hydroxylation is 1. The van der Waals surface area contributed by atoms with E-state index in [0.29, 0.717) is 18.1 Å². The molecular weight excluding hydrogens is 412 g/mol. The van der Waals surface area contributed by atoms with E-state index in [1.165, 1.54) is 6.07 Å². The largest absolute Gasteiger partial charge is 0.324 e. The number of halogens is 2. The van der Waals surface area contributed by atoms with E-state index >= 15 is 0 Å². The van der Waals surface area contributed by atoms with Crippen molar-refractivity contribution in [2.75, 3.05) is 5.32 Å². The average molecular weight is 424 g/mol. The molecule has 7 heteroatoms. The van der Waals surface area contributed by atoms with Crippen LogP contribution < -0.4 is 10.9 Å². The van der Waals surface area contributed by atoms with Gasteiger partial charge in [-0.25, -0.2) is 4.98 Å². The van der Waals surface area contributed by atoms with Gasteiger partial charge in [0, 0.05) is 38.8 Å². The van der Waals surface area contributed by atoms with Gasteiger partial charge in [0.05, 0.1) is 0 Å². The number of fused-ring (bicyclic) bond motifs is 1. The maximum Gasteiger partial charge on any atom is 0.252 e. The molecule has 0 saturated heterocycles. The van der Waals surface area contributed by atoms with Gasteiger partial charge in [0.15, 0.2) is 0 Å². The van der Waals surface area contributed by atoms with Crippen LogP contribution in [0.3, 0.4) is 0 Å². The van der Waals surface area contributed by atoms with Crippen LogP contribution >= 0.6 is 31.9 Å². The number of rotatable bonds is 3. The van der Waals surface area contributed by atoms with Crippen molar-refractivity contribution in [1.82, 2.24) is 14.5 Å². The van der Waals surface area contributed by atoms with Crippen LogP contribution in [0.5, 0.6) is 0 Å². The summed E-state index contributed by atoms with van der Waals surface area (Å²) in [4.78, 5) is 20.7. The smallest absolute Gasteiger partial charge is 0.252 e. The summed E-state index contributed by atoms with van der Waals surface area (Å²) < 4.78 is 3.50. The summed E-state index contributed by atoms with van der Waals surface area (Å²) in [6.45, 7) is 2.48. The molecule has 22 heavy (non-hydrogen) atoms. The van der Waals surface area contributed by atoms with Gasteiger partial charge in [-0.05, 0) is 31.2 Å². The van der Waals surface area contributed by atoms with Gasteiger partial charge < -0.3 is 5.32 Å². The molecule has 0 aliphatic heterocycles. The second-order valence-corrected chi connectivity index (χ2v) is 6.50.